The lowest BCUT2D eigenvalue weighted by Gasteiger charge is -2.11. The number of rotatable bonds is 3. The molecule has 0 saturated heterocycles. The summed E-state index contributed by atoms with van der Waals surface area (Å²) in [4.78, 5) is 0. The van der Waals surface area contributed by atoms with Crippen molar-refractivity contribution < 1.29 is 9.13 Å². The number of hydrogen-bond acceptors (Lipinski definition) is 2. The lowest BCUT2D eigenvalue weighted by Crippen LogP contribution is -2.00. The van der Waals surface area contributed by atoms with Gasteiger partial charge in [-0.15, -0.1) is 0 Å². The first-order valence-electron chi connectivity index (χ1n) is 5.11. The molecule has 17 heavy (non-hydrogen) atoms. The second-order valence-electron chi connectivity index (χ2n) is 3.48. The van der Waals surface area contributed by atoms with Crippen LogP contribution in [0.1, 0.15) is 5.56 Å². The van der Waals surface area contributed by atoms with Crippen molar-refractivity contribution >= 4 is 11.6 Å². The van der Waals surface area contributed by atoms with Crippen LogP contribution < -0.4 is 10.5 Å². The Morgan fingerprint density at radius 1 is 1.18 bits per heavy atom. The summed E-state index contributed by atoms with van der Waals surface area (Å²) >= 11 is 5.99. The van der Waals surface area contributed by atoms with Gasteiger partial charge < -0.3 is 10.5 Å². The van der Waals surface area contributed by atoms with Gasteiger partial charge in [0, 0.05) is 23.2 Å². The molecule has 2 rings (SSSR count). The van der Waals surface area contributed by atoms with Crippen LogP contribution in [0.3, 0.4) is 0 Å². The van der Waals surface area contributed by atoms with Gasteiger partial charge in [0.1, 0.15) is 17.3 Å². The highest BCUT2D eigenvalue weighted by Gasteiger charge is 2.07. The molecule has 2 aromatic carbocycles. The van der Waals surface area contributed by atoms with Gasteiger partial charge in [0.2, 0.25) is 0 Å². The van der Waals surface area contributed by atoms with Crippen molar-refractivity contribution in [2.75, 3.05) is 0 Å². The number of hydrogen-bond donors (Lipinski definition) is 1. The maximum absolute atomic E-state index is 13.0. The average molecular weight is 252 g/mol. The van der Waals surface area contributed by atoms with Gasteiger partial charge in [-0.3, -0.25) is 0 Å². The fourth-order valence-electron chi connectivity index (χ4n) is 1.49. The van der Waals surface area contributed by atoms with Crippen LogP contribution in [0.15, 0.2) is 42.5 Å². The van der Waals surface area contributed by atoms with E-state index in [0.717, 1.165) is 0 Å². The summed E-state index contributed by atoms with van der Waals surface area (Å²) in [5.41, 5.74) is 6.30. The van der Waals surface area contributed by atoms with Gasteiger partial charge in [-0.05, 0) is 24.3 Å². The van der Waals surface area contributed by atoms with E-state index in [1.165, 1.54) is 12.1 Å². The molecule has 0 radical (unpaired) electrons. The van der Waals surface area contributed by atoms with E-state index in [0.29, 0.717) is 22.1 Å². The Hall–Kier alpha value is -1.58. The van der Waals surface area contributed by atoms with Crippen LogP contribution in [0.5, 0.6) is 11.5 Å². The second kappa shape index (κ2) is 5.17. The first kappa shape index (κ1) is 11.9. The predicted octanol–water partition coefficient (Wildman–Crippen LogP) is 3.73. The Morgan fingerprint density at radius 3 is 2.65 bits per heavy atom. The molecule has 0 saturated carbocycles. The van der Waals surface area contributed by atoms with Gasteiger partial charge in [0.05, 0.1) is 0 Å². The van der Waals surface area contributed by atoms with Gasteiger partial charge >= 0.3 is 0 Å². The fraction of sp³-hybridized carbons (Fsp3) is 0.0769. The highest BCUT2D eigenvalue weighted by molar-refractivity contribution is 6.31. The maximum Gasteiger partial charge on any atom is 0.133 e. The molecular formula is C13H11ClFNO. The molecule has 0 aromatic heterocycles. The van der Waals surface area contributed by atoms with E-state index in [9.17, 15) is 4.39 Å². The third-order valence-electron chi connectivity index (χ3n) is 2.30. The molecule has 88 valence electrons. The summed E-state index contributed by atoms with van der Waals surface area (Å²) in [6.07, 6.45) is 0. The molecule has 2 aromatic rings. The van der Waals surface area contributed by atoms with E-state index in [1.807, 2.05) is 0 Å². The second-order valence-corrected chi connectivity index (χ2v) is 3.89. The SMILES string of the molecule is NCc1c(Cl)cccc1Oc1cccc(F)c1. The molecule has 2 nitrogen and oxygen atoms in total. The quantitative estimate of drug-likeness (QED) is 0.902. The first-order chi connectivity index (χ1) is 8.20. The van der Waals surface area contributed by atoms with E-state index < -0.39 is 0 Å². The highest BCUT2D eigenvalue weighted by Crippen LogP contribution is 2.30. The maximum atomic E-state index is 13.0. The van der Waals surface area contributed by atoms with Crippen molar-refractivity contribution in [3.8, 4) is 11.5 Å². The third kappa shape index (κ3) is 2.75. The zero-order valence-corrected chi connectivity index (χ0v) is 9.75. The summed E-state index contributed by atoms with van der Waals surface area (Å²) in [6.45, 7) is 0.268. The number of ether oxygens (including phenoxy) is 1. The Bertz CT molecular complexity index is 531. The fourth-order valence-corrected chi connectivity index (χ4v) is 1.73. The Labute approximate surface area is 104 Å². The third-order valence-corrected chi connectivity index (χ3v) is 2.66. The van der Waals surface area contributed by atoms with E-state index in [1.54, 1.807) is 30.3 Å². The minimum Gasteiger partial charge on any atom is -0.457 e. The zero-order chi connectivity index (χ0) is 12.3. The molecule has 0 heterocycles. The largest absolute Gasteiger partial charge is 0.457 e. The van der Waals surface area contributed by atoms with Crippen LogP contribution in [0.2, 0.25) is 5.02 Å². The van der Waals surface area contributed by atoms with Crippen molar-refractivity contribution in [3.05, 3.63) is 58.9 Å². The average Bonchev–Trinajstić information content (AvgIpc) is 2.29. The summed E-state index contributed by atoms with van der Waals surface area (Å²) in [7, 11) is 0. The Balaban J connectivity index is 2.33. The lowest BCUT2D eigenvalue weighted by atomic mass is 10.2. The molecule has 0 aliphatic heterocycles. The zero-order valence-electron chi connectivity index (χ0n) is 8.99. The van der Waals surface area contributed by atoms with Crippen LogP contribution in [-0.2, 0) is 6.54 Å². The van der Waals surface area contributed by atoms with Crippen LogP contribution in [-0.4, -0.2) is 0 Å². The van der Waals surface area contributed by atoms with Gasteiger partial charge in [-0.2, -0.15) is 0 Å². The number of nitrogens with two attached hydrogens (primary N) is 1. The van der Waals surface area contributed by atoms with E-state index in [4.69, 9.17) is 22.1 Å². The summed E-state index contributed by atoms with van der Waals surface area (Å²) in [6, 6.07) is 11.2. The van der Waals surface area contributed by atoms with E-state index in [2.05, 4.69) is 0 Å². The summed E-state index contributed by atoms with van der Waals surface area (Å²) in [5.74, 6) is 0.617. The monoisotopic (exact) mass is 251 g/mol. The number of halogens is 2. The summed E-state index contributed by atoms with van der Waals surface area (Å²) < 4.78 is 18.6. The number of benzene rings is 2. The van der Waals surface area contributed by atoms with E-state index >= 15 is 0 Å². The first-order valence-corrected chi connectivity index (χ1v) is 5.49. The van der Waals surface area contributed by atoms with Crippen molar-refractivity contribution in [3.63, 3.8) is 0 Å². The molecule has 0 aliphatic carbocycles. The Morgan fingerprint density at radius 2 is 1.94 bits per heavy atom. The normalized spacial score (nSPS) is 10.3. The van der Waals surface area contributed by atoms with Gasteiger partial charge in [0.15, 0.2) is 0 Å². The summed E-state index contributed by atoms with van der Waals surface area (Å²) in [5, 5.41) is 0.543. The van der Waals surface area contributed by atoms with E-state index in [-0.39, 0.29) is 12.4 Å². The molecular weight excluding hydrogens is 241 g/mol. The molecule has 0 unspecified atom stereocenters. The Kier molecular flexibility index (Phi) is 3.61. The van der Waals surface area contributed by atoms with Crippen LogP contribution in [0, 0.1) is 5.82 Å². The minimum atomic E-state index is -0.348. The minimum absolute atomic E-state index is 0.268. The van der Waals surface area contributed by atoms with Crippen molar-refractivity contribution in [2.24, 2.45) is 5.73 Å². The van der Waals surface area contributed by atoms with Gasteiger partial charge in [-0.25, -0.2) is 4.39 Å². The van der Waals surface area contributed by atoms with Gasteiger partial charge in [0.25, 0.3) is 0 Å². The topological polar surface area (TPSA) is 35.2 Å². The highest BCUT2D eigenvalue weighted by atomic mass is 35.5. The molecule has 4 heteroatoms. The molecule has 0 amide bonds. The molecule has 0 bridgehead atoms. The van der Waals surface area contributed by atoms with Crippen molar-refractivity contribution in [2.45, 2.75) is 6.54 Å². The molecule has 2 N–H and O–H groups in total. The lowest BCUT2D eigenvalue weighted by molar-refractivity contribution is 0.471. The smallest absolute Gasteiger partial charge is 0.133 e. The standard InChI is InChI=1S/C13H11ClFNO/c14-12-5-2-6-13(11(12)8-16)17-10-4-1-3-9(15)7-10/h1-7H,8,16H2. The van der Waals surface area contributed by atoms with Crippen LogP contribution in [0.4, 0.5) is 4.39 Å². The van der Waals surface area contributed by atoms with Crippen molar-refractivity contribution in [1.82, 2.24) is 0 Å². The van der Waals surface area contributed by atoms with Crippen molar-refractivity contribution in [1.29, 1.82) is 0 Å². The molecule has 0 spiro atoms. The molecule has 0 atom stereocenters. The van der Waals surface area contributed by atoms with Gasteiger partial charge in [-0.1, -0.05) is 23.7 Å². The molecule has 0 fully saturated rings. The van der Waals surface area contributed by atoms with Crippen LogP contribution in [0.25, 0.3) is 0 Å². The molecule has 0 aliphatic rings. The predicted molar refractivity (Wildman–Crippen MR) is 65.8 cm³/mol. The van der Waals surface area contributed by atoms with Crippen LogP contribution >= 0.6 is 11.6 Å².